The van der Waals surface area contributed by atoms with Crippen LogP contribution in [-0.4, -0.2) is 23.5 Å². The number of hydrogen-bond donors (Lipinski definition) is 2. The van der Waals surface area contributed by atoms with Gasteiger partial charge in [0.1, 0.15) is 0 Å². The molecule has 1 heterocycles. The van der Waals surface area contributed by atoms with E-state index >= 15 is 0 Å². The van der Waals surface area contributed by atoms with E-state index in [2.05, 4.69) is 5.32 Å². The van der Waals surface area contributed by atoms with Crippen LogP contribution in [0.15, 0.2) is 0 Å². The predicted molar refractivity (Wildman–Crippen MR) is 45.0 cm³/mol. The molecule has 2 atom stereocenters. The standard InChI is InChI=1S/C9H13NO3/c11-7-6-2-1-3-9(4-6,5-10-7)8(12)13/h6H,1-5H2,(H,10,11)(H,12,13). The van der Waals surface area contributed by atoms with Gasteiger partial charge in [0.2, 0.25) is 5.91 Å². The molecule has 13 heavy (non-hydrogen) atoms. The zero-order valence-electron chi connectivity index (χ0n) is 7.38. The number of rotatable bonds is 1. The number of hydrogen-bond acceptors (Lipinski definition) is 2. The molecule has 1 aliphatic carbocycles. The number of carbonyl (C=O) groups is 2. The summed E-state index contributed by atoms with van der Waals surface area (Å²) >= 11 is 0. The van der Waals surface area contributed by atoms with Gasteiger partial charge < -0.3 is 10.4 Å². The Morgan fingerprint density at radius 2 is 2.38 bits per heavy atom. The highest BCUT2D eigenvalue weighted by Crippen LogP contribution is 2.41. The fraction of sp³-hybridized carbons (Fsp3) is 0.778. The zero-order chi connectivity index (χ0) is 9.47. The molecule has 0 aromatic rings. The summed E-state index contributed by atoms with van der Waals surface area (Å²) in [7, 11) is 0. The van der Waals surface area contributed by atoms with E-state index < -0.39 is 11.4 Å². The van der Waals surface area contributed by atoms with E-state index in [0.717, 1.165) is 12.8 Å². The number of carboxylic acids is 1. The molecular formula is C9H13NO3. The quantitative estimate of drug-likeness (QED) is 0.617. The van der Waals surface area contributed by atoms with Crippen molar-refractivity contribution in [3.05, 3.63) is 0 Å². The third-order valence-corrected chi connectivity index (χ3v) is 3.27. The number of fused-ring (bicyclic) bond motifs is 2. The Morgan fingerprint density at radius 1 is 1.62 bits per heavy atom. The van der Waals surface area contributed by atoms with E-state index in [-0.39, 0.29) is 11.8 Å². The van der Waals surface area contributed by atoms with Gasteiger partial charge in [-0.1, -0.05) is 6.42 Å². The van der Waals surface area contributed by atoms with Crippen LogP contribution in [0.3, 0.4) is 0 Å². The van der Waals surface area contributed by atoms with Gasteiger partial charge in [0.25, 0.3) is 0 Å². The Hall–Kier alpha value is -1.06. The van der Waals surface area contributed by atoms with Crippen LogP contribution in [0.5, 0.6) is 0 Å². The molecule has 1 saturated carbocycles. The van der Waals surface area contributed by atoms with Crippen molar-refractivity contribution in [1.29, 1.82) is 0 Å². The van der Waals surface area contributed by atoms with Crippen LogP contribution in [0.2, 0.25) is 0 Å². The van der Waals surface area contributed by atoms with Crippen LogP contribution in [0.1, 0.15) is 25.7 Å². The first-order valence-corrected chi connectivity index (χ1v) is 4.65. The van der Waals surface area contributed by atoms with Crippen molar-refractivity contribution in [3.8, 4) is 0 Å². The van der Waals surface area contributed by atoms with Gasteiger partial charge in [0, 0.05) is 12.5 Å². The normalized spacial score (nSPS) is 38.2. The minimum absolute atomic E-state index is 0.0385. The summed E-state index contributed by atoms with van der Waals surface area (Å²) in [6.45, 7) is 0.317. The van der Waals surface area contributed by atoms with E-state index in [4.69, 9.17) is 5.11 Å². The third-order valence-electron chi connectivity index (χ3n) is 3.27. The lowest BCUT2D eigenvalue weighted by Gasteiger charge is -2.41. The minimum atomic E-state index is -0.753. The van der Waals surface area contributed by atoms with Crippen molar-refractivity contribution >= 4 is 11.9 Å². The molecule has 0 spiro atoms. The van der Waals surface area contributed by atoms with Gasteiger partial charge in [-0.25, -0.2) is 0 Å². The molecule has 4 nitrogen and oxygen atoms in total. The first kappa shape index (κ1) is 8.53. The minimum Gasteiger partial charge on any atom is -0.481 e. The maximum atomic E-state index is 11.3. The maximum absolute atomic E-state index is 11.3. The summed E-state index contributed by atoms with van der Waals surface area (Å²) in [4.78, 5) is 22.3. The van der Waals surface area contributed by atoms with E-state index in [1.807, 2.05) is 0 Å². The summed E-state index contributed by atoms with van der Waals surface area (Å²) in [6.07, 6.45) is 2.96. The molecule has 2 rings (SSSR count). The molecule has 1 aliphatic heterocycles. The lowest BCUT2D eigenvalue weighted by atomic mass is 9.67. The van der Waals surface area contributed by atoms with Gasteiger partial charge in [0.15, 0.2) is 0 Å². The first-order valence-electron chi connectivity index (χ1n) is 4.65. The smallest absolute Gasteiger partial charge is 0.311 e. The van der Waals surface area contributed by atoms with Crippen molar-refractivity contribution in [1.82, 2.24) is 5.32 Å². The third kappa shape index (κ3) is 1.20. The molecule has 0 aromatic carbocycles. The van der Waals surface area contributed by atoms with Crippen LogP contribution in [0, 0.1) is 11.3 Å². The van der Waals surface area contributed by atoms with Crippen molar-refractivity contribution in [3.63, 3.8) is 0 Å². The predicted octanol–water partition coefficient (Wildman–Crippen LogP) is 0.377. The number of nitrogens with one attached hydrogen (secondary N) is 1. The van der Waals surface area contributed by atoms with Gasteiger partial charge in [-0.15, -0.1) is 0 Å². The van der Waals surface area contributed by atoms with Crippen molar-refractivity contribution < 1.29 is 14.7 Å². The molecule has 2 bridgehead atoms. The van der Waals surface area contributed by atoms with Gasteiger partial charge in [-0.2, -0.15) is 0 Å². The summed E-state index contributed by atoms with van der Waals surface area (Å²) in [6, 6.07) is 0. The molecule has 2 fully saturated rings. The lowest BCUT2D eigenvalue weighted by molar-refractivity contribution is -0.156. The highest BCUT2D eigenvalue weighted by molar-refractivity contribution is 5.84. The molecular weight excluding hydrogens is 170 g/mol. The monoisotopic (exact) mass is 183 g/mol. The Kier molecular flexibility index (Phi) is 1.78. The second-order valence-corrected chi connectivity index (χ2v) is 4.10. The fourth-order valence-corrected chi connectivity index (χ4v) is 2.42. The van der Waals surface area contributed by atoms with E-state index in [9.17, 15) is 9.59 Å². The summed E-state index contributed by atoms with van der Waals surface area (Å²) in [5.74, 6) is -0.771. The maximum Gasteiger partial charge on any atom is 0.311 e. The summed E-state index contributed by atoms with van der Waals surface area (Å²) in [5, 5.41) is 11.8. The van der Waals surface area contributed by atoms with Gasteiger partial charge in [0.05, 0.1) is 5.41 Å². The molecule has 0 radical (unpaired) electrons. The SMILES string of the molecule is O=C1NCC2(C(=O)O)CCCC1C2. The second kappa shape index (κ2) is 2.72. The number of carbonyl (C=O) groups excluding carboxylic acids is 1. The van der Waals surface area contributed by atoms with Crippen molar-refractivity contribution in [2.45, 2.75) is 25.7 Å². The molecule has 1 saturated heterocycles. The van der Waals surface area contributed by atoms with Crippen LogP contribution in [-0.2, 0) is 9.59 Å². The van der Waals surface area contributed by atoms with Crippen LogP contribution < -0.4 is 5.32 Å². The van der Waals surface area contributed by atoms with Crippen LogP contribution in [0.4, 0.5) is 0 Å². The first-order chi connectivity index (χ1) is 6.14. The molecule has 72 valence electrons. The summed E-state index contributed by atoms with van der Waals surface area (Å²) < 4.78 is 0. The highest BCUT2D eigenvalue weighted by atomic mass is 16.4. The largest absolute Gasteiger partial charge is 0.481 e. The zero-order valence-corrected chi connectivity index (χ0v) is 7.38. The fourth-order valence-electron chi connectivity index (χ4n) is 2.42. The highest BCUT2D eigenvalue weighted by Gasteiger charge is 2.48. The molecule has 1 amide bonds. The number of amides is 1. The second-order valence-electron chi connectivity index (χ2n) is 4.10. The van der Waals surface area contributed by atoms with Gasteiger partial charge in [-0.05, 0) is 19.3 Å². The van der Waals surface area contributed by atoms with Crippen LogP contribution >= 0.6 is 0 Å². The number of aliphatic carboxylic acids is 1. The van der Waals surface area contributed by atoms with Gasteiger partial charge in [-0.3, -0.25) is 9.59 Å². The summed E-state index contributed by atoms with van der Waals surface area (Å²) in [5.41, 5.74) is -0.656. The Morgan fingerprint density at radius 3 is 3.08 bits per heavy atom. The Labute approximate surface area is 76.3 Å². The van der Waals surface area contributed by atoms with Crippen molar-refractivity contribution in [2.75, 3.05) is 6.54 Å². The Bertz CT molecular complexity index is 264. The molecule has 0 aromatic heterocycles. The average molecular weight is 183 g/mol. The van der Waals surface area contributed by atoms with Crippen molar-refractivity contribution in [2.24, 2.45) is 11.3 Å². The van der Waals surface area contributed by atoms with E-state index in [0.29, 0.717) is 19.4 Å². The van der Waals surface area contributed by atoms with Crippen LogP contribution in [0.25, 0.3) is 0 Å². The Balaban J connectivity index is 2.22. The molecule has 4 heteroatoms. The lowest BCUT2D eigenvalue weighted by Crippen LogP contribution is -2.54. The molecule has 2 unspecified atom stereocenters. The van der Waals surface area contributed by atoms with E-state index in [1.54, 1.807) is 0 Å². The molecule has 2 N–H and O–H groups in total. The molecule has 2 aliphatic rings. The average Bonchev–Trinajstić information content (AvgIpc) is 2.13. The van der Waals surface area contributed by atoms with E-state index in [1.165, 1.54) is 0 Å². The number of piperidine rings is 1. The van der Waals surface area contributed by atoms with Gasteiger partial charge >= 0.3 is 5.97 Å². The number of carboxylic acid groups (broad SMARTS) is 1. The topological polar surface area (TPSA) is 66.4 Å².